The number of benzene rings is 9. The van der Waals surface area contributed by atoms with Crippen LogP contribution >= 0.6 is 0 Å². The van der Waals surface area contributed by atoms with Crippen molar-refractivity contribution >= 4 is 65.0 Å². The molecule has 0 saturated heterocycles. The molecule has 1 aromatic heterocycles. The fourth-order valence-corrected chi connectivity index (χ4v) is 6.81. The molecule has 1 heterocycles. The second kappa shape index (κ2) is 10.2. The highest BCUT2D eigenvalue weighted by Gasteiger charge is 2.21. The molecule has 0 aliphatic carbocycles. The van der Waals surface area contributed by atoms with Crippen molar-refractivity contribution in [1.29, 1.82) is 0 Å². The van der Waals surface area contributed by atoms with Crippen molar-refractivity contribution in [2.24, 2.45) is 0 Å². The number of furan rings is 1. The summed E-state index contributed by atoms with van der Waals surface area (Å²) >= 11 is 0. The van der Waals surface area contributed by atoms with Gasteiger partial charge in [0.15, 0.2) is 0 Å². The predicted molar refractivity (Wildman–Crippen MR) is 200 cm³/mol. The third-order valence-corrected chi connectivity index (χ3v) is 8.85. The highest BCUT2D eigenvalue weighted by atomic mass is 16.3. The van der Waals surface area contributed by atoms with Crippen LogP contribution in [0.15, 0.2) is 174 Å². The van der Waals surface area contributed by atoms with E-state index in [4.69, 9.17) is 20.9 Å². The Morgan fingerprint density at radius 1 is 0.404 bits per heavy atom. The average Bonchev–Trinajstić information content (AvgIpc) is 3.66. The molecule has 0 aliphatic rings. The van der Waals surface area contributed by atoms with Gasteiger partial charge < -0.3 is 4.42 Å². The first-order chi connectivity index (χ1) is 29.1. The Morgan fingerprint density at radius 2 is 1.04 bits per heavy atom. The van der Waals surface area contributed by atoms with Gasteiger partial charge in [0.1, 0.15) is 11.2 Å². The molecule has 10 aromatic rings. The van der Waals surface area contributed by atoms with Gasteiger partial charge in [-0.2, -0.15) is 0 Å². The van der Waals surface area contributed by atoms with Crippen LogP contribution in [0.1, 0.15) is 19.2 Å². The standard InChI is InChI=1S/C46H28O/c1-2-11-29(12-3-1)31-21-22-33-28-34(24-23-32(33)27-31)43-36-15-6-8-17-38(36)44(39-18-9-7-16-37(39)43)40-19-10-20-42-45(40)41-26-25-30-13-4-5-14-35(30)46(41)47-42/h1-28H/i1D,2D,3D,4D,5D,10D,11D,12D,13D,14D,19D,20D,25D,26D. The third-order valence-electron chi connectivity index (χ3n) is 8.85. The zero-order valence-electron chi connectivity index (χ0n) is 38.5. The number of hydrogen-bond acceptors (Lipinski definition) is 1. The lowest BCUT2D eigenvalue weighted by atomic mass is 9.84. The third kappa shape index (κ3) is 3.97. The van der Waals surface area contributed by atoms with Gasteiger partial charge in [-0.1, -0.05) is 145 Å². The van der Waals surface area contributed by atoms with Crippen LogP contribution in [0, 0.1) is 0 Å². The van der Waals surface area contributed by atoms with Crippen LogP contribution in [-0.4, -0.2) is 0 Å². The summed E-state index contributed by atoms with van der Waals surface area (Å²) in [6.07, 6.45) is 0. The van der Waals surface area contributed by atoms with Gasteiger partial charge in [-0.3, -0.25) is 0 Å². The maximum Gasteiger partial charge on any atom is 0.143 e. The minimum Gasteiger partial charge on any atom is -0.455 e. The summed E-state index contributed by atoms with van der Waals surface area (Å²) < 4.78 is 127. The summed E-state index contributed by atoms with van der Waals surface area (Å²) in [7, 11) is 0. The zero-order valence-corrected chi connectivity index (χ0v) is 24.5. The van der Waals surface area contributed by atoms with E-state index in [1.54, 1.807) is 12.1 Å². The lowest BCUT2D eigenvalue weighted by Crippen LogP contribution is -1.91. The van der Waals surface area contributed by atoms with Gasteiger partial charge >= 0.3 is 0 Å². The minimum absolute atomic E-state index is 0.00396. The molecule has 47 heavy (non-hydrogen) atoms. The average molecular weight is 611 g/mol. The van der Waals surface area contributed by atoms with E-state index in [1.165, 1.54) is 0 Å². The quantitative estimate of drug-likeness (QED) is 0.181. The Kier molecular flexibility index (Phi) is 3.44. The first-order valence-electron chi connectivity index (χ1n) is 22.0. The molecular formula is C46H28O. The highest BCUT2D eigenvalue weighted by molar-refractivity contribution is 6.27. The van der Waals surface area contributed by atoms with Crippen molar-refractivity contribution in [1.82, 2.24) is 0 Å². The Balaban J connectivity index is 1.28. The monoisotopic (exact) mass is 610 g/mol. The molecule has 0 spiro atoms. The fourth-order valence-electron chi connectivity index (χ4n) is 6.81. The van der Waals surface area contributed by atoms with Crippen molar-refractivity contribution < 1.29 is 23.6 Å². The van der Waals surface area contributed by atoms with Crippen LogP contribution in [0.2, 0.25) is 0 Å². The first-order valence-corrected chi connectivity index (χ1v) is 15.0. The zero-order chi connectivity index (χ0) is 43.1. The second-order valence-electron chi connectivity index (χ2n) is 11.4. The maximum atomic E-state index is 9.46. The predicted octanol–water partition coefficient (Wildman–Crippen LogP) is 13.2. The Labute approximate surface area is 291 Å². The Morgan fingerprint density at radius 3 is 1.79 bits per heavy atom. The molecule has 1 nitrogen and oxygen atoms in total. The highest BCUT2D eigenvalue weighted by Crippen LogP contribution is 2.47. The molecule has 9 aromatic carbocycles. The van der Waals surface area contributed by atoms with E-state index in [9.17, 15) is 2.74 Å². The lowest BCUT2D eigenvalue weighted by molar-refractivity contribution is 0.673. The van der Waals surface area contributed by atoms with E-state index < -0.39 is 66.5 Å². The smallest absolute Gasteiger partial charge is 0.143 e. The molecule has 0 N–H and O–H groups in total. The van der Waals surface area contributed by atoms with Crippen molar-refractivity contribution in [3.05, 3.63) is 170 Å². The van der Waals surface area contributed by atoms with Gasteiger partial charge in [0, 0.05) is 16.2 Å². The van der Waals surface area contributed by atoms with Crippen LogP contribution in [0.5, 0.6) is 0 Å². The number of hydrogen-bond donors (Lipinski definition) is 0. The van der Waals surface area contributed by atoms with Crippen molar-refractivity contribution in [2.75, 3.05) is 0 Å². The summed E-state index contributed by atoms with van der Waals surface area (Å²) in [6.45, 7) is 0. The Hall–Kier alpha value is -6.18. The van der Waals surface area contributed by atoms with E-state index in [-0.39, 0.29) is 62.0 Å². The summed E-state index contributed by atoms with van der Waals surface area (Å²) in [4.78, 5) is 0. The van der Waals surface area contributed by atoms with Crippen LogP contribution in [0.25, 0.3) is 98.4 Å². The molecule has 0 unspecified atom stereocenters. The number of fused-ring (bicyclic) bond motifs is 8. The van der Waals surface area contributed by atoms with Gasteiger partial charge in [0.25, 0.3) is 0 Å². The van der Waals surface area contributed by atoms with E-state index in [0.29, 0.717) is 21.9 Å². The lowest BCUT2D eigenvalue weighted by Gasteiger charge is -2.18. The molecule has 1 heteroatoms. The molecule has 218 valence electrons. The van der Waals surface area contributed by atoms with Crippen LogP contribution < -0.4 is 0 Å². The summed E-state index contributed by atoms with van der Waals surface area (Å²) in [5.74, 6) is 0. The largest absolute Gasteiger partial charge is 0.455 e. The topological polar surface area (TPSA) is 13.1 Å². The summed E-state index contributed by atoms with van der Waals surface area (Å²) in [5, 5.41) is 4.32. The van der Waals surface area contributed by atoms with Gasteiger partial charge in [-0.05, 0) is 95.3 Å². The Bertz CT molecular complexity index is 3560. The molecule has 0 radical (unpaired) electrons. The van der Waals surface area contributed by atoms with Crippen LogP contribution in [0.4, 0.5) is 0 Å². The van der Waals surface area contributed by atoms with E-state index >= 15 is 0 Å². The van der Waals surface area contributed by atoms with E-state index in [0.717, 1.165) is 32.7 Å². The molecular weight excluding hydrogens is 569 g/mol. The molecule has 0 aliphatic heterocycles. The number of rotatable bonds is 3. The SMILES string of the molecule is [2H]c1c([2H])c([2H])c(-c2ccc3cc(-c4c5ccccc5c(-c5c([2H])c([2H])c([2H])c6oc7c8c([2H])c([2H])c([2H])c([2H])c8c([2H])c([2H])c7c56)c5ccccc45)ccc3c2)c([2H])c1[2H]. The molecule has 10 rings (SSSR count). The van der Waals surface area contributed by atoms with E-state index in [2.05, 4.69) is 0 Å². The summed E-state index contributed by atoms with van der Waals surface area (Å²) in [6, 6.07) is 20.4. The molecule has 0 amide bonds. The summed E-state index contributed by atoms with van der Waals surface area (Å²) in [5.41, 5.74) is 2.71. The van der Waals surface area contributed by atoms with Crippen LogP contribution in [-0.2, 0) is 0 Å². The van der Waals surface area contributed by atoms with Gasteiger partial charge in [-0.15, -0.1) is 0 Å². The second-order valence-corrected chi connectivity index (χ2v) is 11.4. The molecule has 0 saturated carbocycles. The van der Waals surface area contributed by atoms with E-state index in [1.807, 2.05) is 72.8 Å². The van der Waals surface area contributed by atoms with Gasteiger partial charge in [0.05, 0.1) is 19.2 Å². The minimum atomic E-state index is -0.563. The van der Waals surface area contributed by atoms with Gasteiger partial charge in [-0.25, -0.2) is 0 Å². The molecule has 0 atom stereocenters. The fraction of sp³-hybridized carbons (Fsp3) is 0. The normalized spacial score (nSPS) is 16.0. The molecule has 0 fully saturated rings. The van der Waals surface area contributed by atoms with Crippen LogP contribution in [0.3, 0.4) is 0 Å². The van der Waals surface area contributed by atoms with Crippen molar-refractivity contribution in [3.8, 4) is 33.4 Å². The van der Waals surface area contributed by atoms with Crippen molar-refractivity contribution in [2.45, 2.75) is 0 Å². The molecule has 0 bridgehead atoms. The first kappa shape index (κ1) is 15.9. The maximum absolute atomic E-state index is 9.46. The van der Waals surface area contributed by atoms with Crippen molar-refractivity contribution in [3.63, 3.8) is 0 Å². The van der Waals surface area contributed by atoms with Gasteiger partial charge in [0.2, 0.25) is 0 Å².